The minimum Gasteiger partial charge on any atom is -0.496 e. The lowest BCUT2D eigenvalue weighted by molar-refractivity contribution is 0.405. The van der Waals surface area contributed by atoms with Crippen molar-refractivity contribution in [3.8, 4) is 5.75 Å². The molecule has 0 saturated carbocycles. The fourth-order valence-electron chi connectivity index (χ4n) is 1.91. The van der Waals surface area contributed by atoms with Gasteiger partial charge in [-0.25, -0.2) is 8.78 Å². The molecule has 2 nitrogen and oxygen atoms in total. The SMILES string of the molecule is COc1cccc(Sc2ccc(F)c(F)c2)c1[C@@H](C)N. The quantitative estimate of drug-likeness (QED) is 0.920. The van der Waals surface area contributed by atoms with Gasteiger partial charge in [-0.2, -0.15) is 0 Å². The molecule has 2 N–H and O–H groups in total. The molecule has 0 bridgehead atoms. The fraction of sp³-hybridized carbons (Fsp3) is 0.200. The van der Waals surface area contributed by atoms with E-state index in [-0.39, 0.29) is 6.04 Å². The Hall–Kier alpha value is -1.59. The molecular weight excluding hydrogens is 280 g/mol. The van der Waals surface area contributed by atoms with E-state index in [1.807, 2.05) is 25.1 Å². The molecule has 0 saturated heterocycles. The summed E-state index contributed by atoms with van der Waals surface area (Å²) in [6.07, 6.45) is 0. The predicted molar refractivity (Wildman–Crippen MR) is 76.1 cm³/mol. The van der Waals surface area contributed by atoms with E-state index >= 15 is 0 Å². The highest BCUT2D eigenvalue weighted by Gasteiger charge is 2.14. The molecule has 2 aromatic rings. The van der Waals surface area contributed by atoms with Gasteiger partial charge in [0.1, 0.15) is 5.75 Å². The highest BCUT2D eigenvalue weighted by Crippen LogP contribution is 2.37. The lowest BCUT2D eigenvalue weighted by atomic mass is 10.1. The van der Waals surface area contributed by atoms with Gasteiger partial charge in [0.15, 0.2) is 11.6 Å². The topological polar surface area (TPSA) is 35.2 Å². The molecular formula is C15H15F2NOS. The van der Waals surface area contributed by atoms with Crippen LogP contribution in [0.3, 0.4) is 0 Å². The van der Waals surface area contributed by atoms with Crippen LogP contribution < -0.4 is 10.5 Å². The number of rotatable bonds is 4. The average Bonchev–Trinajstić information content (AvgIpc) is 2.42. The van der Waals surface area contributed by atoms with Gasteiger partial charge in [-0.05, 0) is 37.3 Å². The van der Waals surface area contributed by atoms with Gasteiger partial charge in [-0.3, -0.25) is 0 Å². The standard InChI is InChI=1S/C15H15F2NOS/c1-9(18)15-13(19-2)4-3-5-14(15)20-10-6-7-11(16)12(17)8-10/h3-9H,18H2,1-2H3/t9-/m1/s1. The summed E-state index contributed by atoms with van der Waals surface area (Å²) < 4.78 is 31.5. The molecule has 0 spiro atoms. The largest absolute Gasteiger partial charge is 0.496 e. The van der Waals surface area contributed by atoms with E-state index in [1.54, 1.807) is 7.11 Å². The normalized spacial score (nSPS) is 12.2. The number of hydrogen-bond acceptors (Lipinski definition) is 3. The molecule has 0 heterocycles. The highest BCUT2D eigenvalue weighted by molar-refractivity contribution is 7.99. The fourth-order valence-corrected chi connectivity index (χ4v) is 3.00. The molecule has 0 aliphatic rings. The molecule has 106 valence electrons. The lowest BCUT2D eigenvalue weighted by Crippen LogP contribution is -2.08. The Balaban J connectivity index is 2.40. The second-order valence-electron chi connectivity index (χ2n) is 4.34. The minimum atomic E-state index is -0.861. The maximum Gasteiger partial charge on any atom is 0.159 e. The number of halogens is 2. The summed E-state index contributed by atoms with van der Waals surface area (Å²) in [5.74, 6) is -1.03. The van der Waals surface area contributed by atoms with Gasteiger partial charge in [0.2, 0.25) is 0 Å². The van der Waals surface area contributed by atoms with E-state index in [1.165, 1.54) is 23.9 Å². The Morgan fingerprint density at radius 3 is 2.50 bits per heavy atom. The Morgan fingerprint density at radius 1 is 1.15 bits per heavy atom. The second-order valence-corrected chi connectivity index (χ2v) is 5.45. The number of methoxy groups -OCH3 is 1. The van der Waals surface area contributed by atoms with Crippen LogP contribution in [0.5, 0.6) is 5.75 Å². The van der Waals surface area contributed by atoms with Crippen molar-refractivity contribution in [2.24, 2.45) is 5.73 Å². The molecule has 0 radical (unpaired) electrons. The van der Waals surface area contributed by atoms with Crippen molar-refractivity contribution in [3.63, 3.8) is 0 Å². The van der Waals surface area contributed by atoms with Crippen LogP contribution in [0.2, 0.25) is 0 Å². The van der Waals surface area contributed by atoms with Crippen LogP contribution in [-0.4, -0.2) is 7.11 Å². The monoisotopic (exact) mass is 295 g/mol. The van der Waals surface area contributed by atoms with Gasteiger partial charge >= 0.3 is 0 Å². The molecule has 2 aromatic carbocycles. The molecule has 0 fully saturated rings. The average molecular weight is 295 g/mol. The highest BCUT2D eigenvalue weighted by atomic mass is 32.2. The first-order valence-corrected chi connectivity index (χ1v) is 6.90. The van der Waals surface area contributed by atoms with Crippen molar-refractivity contribution in [1.82, 2.24) is 0 Å². The second kappa shape index (κ2) is 6.24. The zero-order valence-corrected chi connectivity index (χ0v) is 12.0. The molecule has 2 rings (SSSR count). The summed E-state index contributed by atoms with van der Waals surface area (Å²) in [4.78, 5) is 1.48. The third-order valence-corrected chi connectivity index (χ3v) is 3.89. The summed E-state index contributed by atoms with van der Waals surface area (Å²) in [6, 6.07) is 9.15. The van der Waals surface area contributed by atoms with E-state index in [4.69, 9.17) is 10.5 Å². The van der Waals surface area contributed by atoms with Crippen molar-refractivity contribution in [2.75, 3.05) is 7.11 Å². The molecule has 0 amide bonds. The van der Waals surface area contributed by atoms with Crippen molar-refractivity contribution in [1.29, 1.82) is 0 Å². The summed E-state index contributed by atoms with van der Waals surface area (Å²) in [5.41, 5.74) is 6.82. The summed E-state index contributed by atoms with van der Waals surface area (Å²) in [6.45, 7) is 1.85. The Bertz CT molecular complexity index is 617. The van der Waals surface area contributed by atoms with Crippen molar-refractivity contribution < 1.29 is 13.5 Å². The first-order valence-electron chi connectivity index (χ1n) is 6.08. The zero-order valence-electron chi connectivity index (χ0n) is 11.2. The third kappa shape index (κ3) is 3.11. The van der Waals surface area contributed by atoms with Gasteiger partial charge in [0.25, 0.3) is 0 Å². The van der Waals surface area contributed by atoms with Crippen molar-refractivity contribution in [3.05, 3.63) is 53.6 Å². The third-order valence-electron chi connectivity index (χ3n) is 2.82. The molecule has 0 aliphatic carbocycles. The van der Waals surface area contributed by atoms with Crippen LogP contribution in [0, 0.1) is 11.6 Å². The number of benzene rings is 2. The van der Waals surface area contributed by atoms with Crippen LogP contribution in [0.1, 0.15) is 18.5 Å². The van der Waals surface area contributed by atoms with E-state index in [0.717, 1.165) is 16.5 Å². The van der Waals surface area contributed by atoms with Gasteiger partial charge in [-0.15, -0.1) is 0 Å². The first-order chi connectivity index (χ1) is 9.52. The summed E-state index contributed by atoms with van der Waals surface area (Å²) in [5, 5.41) is 0. The number of ether oxygens (including phenoxy) is 1. The summed E-state index contributed by atoms with van der Waals surface area (Å²) >= 11 is 1.33. The Morgan fingerprint density at radius 2 is 1.90 bits per heavy atom. The maximum atomic E-state index is 13.2. The van der Waals surface area contributed by atoms with Gasteiger partial charge in [0, 0.05) is 21.4 Å². The minimum absolute atomic E-state index is 0.223. The van der Waals surface area contributed by atoms with E-state index < -0.39 is 11.6 Å². The predicted octanol–water partition coefficient (Wildman–Crippen LogP) is 4.14. The molecule has 0 unspecified atom stereocenters. The summed E-state index contributed by atoms with van der Waals surface area (Å²) in [7, 11) is 1.58. The van der Waals surface area contributed by atoms with E-state index in [0.29, 0.717) is 10.6 Å². The van der Waals surface area contributed by atoms with Crippen molar-refractivity contribution >= 4 is 11.8 Å². The molecule has 0 aromatic heterocycles. The van der Waals surface area contributed by atoms with Crippen LogP contribution in [0.4, 0.5) is 8.78 Å². The molecule has 20 heavy (non-hydrogen) atoms. The Labute approximate surface area is 120 Å². The Kier molecular flexibility index (Phi) is 4.62. The molecule has 5 heteroatoms. The van der Waals surface area contributed by atoms with Crippen LogP contribution in [0.25, 0.3) is 0 Å². The van der Waals surface area contributed by atoms with Crippen LogP contribution in [-0.2, 0) is 0 Å². The molecule has 0 aliphatic heterocycles. The smallest absolute Gasteiger partial charge is 0.159 e. The van der Waals surface area contributed by atoms with Gasteiger partial charge in [-0.1, -0.05) is 17.8 Å². The van der Waals surface area contributed by atoms with Crippen LogP contribution >= 0.6 is 11.8 Å². The number of hydrogen-bond donors (Lipinski definition) is 1. The van der Waals surface area contributed by atoms with Gasteiger partial charge in [0.05, 0.1) is 7.11 Å². The molecule has 1 atom stereocenters. The van der Waals surface area contributed by atoms with E-state index in [9.17, 15) is 8.78 Å². The first kappa shape index (κ1) is 14.8. The maximum absolute atomic E-state index is 13.2. The lowest BCUT2D eigenvalue weighted by Gasteiger charge is -2.16. The van der Waals surface area contributed by atoms with E-state index in [2.05, 4.69) is 0 Å². The number of nitrogens with two attached hydrogens (primary N) is 1. The van der Waals surface area contributed by atoms with Crippen molar-refractivity contribution in [2.45, 2.75) is 22.8 Å². The van der Waals surface area contributed by atoms with Crippen LogP contribution in [0.15, 0.2) is 46.2 Å². The zero-order chi connectivity index (χ0) is 14.7. The van der Waals surface area contributed by atoms with Gasteiger partial charge < -0.3 is 10.5 Å².